The molecule has 0 spiro atoms. The van der Waals surface area contributed by atoms with Crippen molar-refractivity contribution < 1.29 is 27.3 Å². The Morgan fingerprint density at radius 1 is 0.978 bits per heavy atom. The number of rotatable bonds is 12. The second-order valence-electron chi connectivity index (χ2n) is 16.1. The van der Waals surface area contributed by atoms with Crippen molar-refractivity contribution in [3.8, 4) is 6.07 Å². The molecule has 12 heteroatoms. The van der Waals surface area contributed by atoms with E-state index >= 15 is 0 Å². The zero-order valence-electron chi connectivity index (χ0n) is 30.5. The van der Waals surface area contributed by atoms with Crippen molar-refractivity contribution in [2.24, 2.45) is 5.92 Å². The van der Waals surface area contributed by atoms with Crippen LogP contribution in [-0.4, -0.2) is 65.8 Å². The van der Waals surface area contributed by atoms with Gasteiger partial charge in [-0.3, -0.25) is 4.84 Å². The van der Waals surface area contributed by atoms with E-state index in [1.807, 2.05) is 30.3 Å². The molecule has 0 radical (unpaired) electrons. The Labute approximate surface area is 291 Å². The van der Waals surface area contributed by atoms with Crippen molar-refractivity contribution >= 4 is 41.4 Å². The minimum atomic E-state index is -3.08. The summed E-state index contributed by atoms with van der Waals surface area (Å²) in [5.74, 6) is -0.732. The molecule has 2 N–H and O–H groups in total. The number of nitriles is 1. The number of aliphatic hydroxyl groups is 1. The highest BCUT2D eigenvalue weighted by Crippen LogP contribution is 2.53. The smallest absolute Gasteiger partial charge is 0.335 e. The predicted octanol–water partition coefficient (Wildman–Crippen LogP) is 8.46. The molecule has 1 aliphatic heterocycles. The van der Waals surface area contributed by atoms with Crippen LogP contribution in [0.4, 0.5) is 0 Å². The molecule has 0 aromatic heterocycles. The van der Waals surface area contributed by atoms with E-state index in [2.05, 4.69) is 117 Å². The largest absolute Gasteiger partial charge is 0.417 e. The van der Waals surface area contributed by atoms with Gasteiger partial charge in [0.25, 0.3) is 0 Å². The number of hydroxylamine groups is 1. The second kappa shape index (κ2) is 15.2. The van der Waals surface area contributed by atoms with Crippen LogP contribution in [0.1, 0.15) is 88.1 Å². The van der Waals surface area contributed by atoms with Gasteiger partial charge in [0, 0.05) is 6.61 Å². The summed E-state index contributed by atoms with van der Waals surface area (Å²) in [6.45, 7) is 29.3. The highest BCUT2D eigenvalue weighted by Gasteiger charge is 2.69. The van der Waals surface area contributed by atoms with Crippen LogP contribution in [0.3, 0.4) is 0 Å². The lowest BCUT2D eigenvalue weighted by Gasteiger charge is -2.55. The summed E-state index contributed by atoms with van der Waals surface area (Å²) in [6, 6.07) is 12.5. The number of aliphatic hydroxyl groups excluding tert-OH is 1. The van der Waals surface area contributed by atoms with E-state index in [1.165, 1.54) is 0 Å². The zero-order valence-corrected chi connectivity index (χ0v) is 35.1. The van der Waals surface area contributed by atoms with Crippen molar-refractivity contribution in [3.05, 3.63) is 35.9 Å². The van der Waals surface area contributed by atoms with Crippen LogP contribution >= 0.6 is 15.9 Å². The zero-order chi connectivity index (χ0) is 34.9. The van der Waals surface area contributed by atoms with E-state index in [0.717, 1.165) is 5.56 Å². The fraction of sp³-hybridized carbons (Fsp3) is 0.794. The van der Waals surface area contributed by atoms with Gasteiger partial charge in [0.1, 0.15) is 6.10 Å². The molecular weight excluding hydrogens is 697 g/mol. The molecule has 3 rings (SSSR count). The molecule has 1 saturated heterocycles. The van der Waals surface area contributed by atoms with E-state index in [0.29, 0.717) is 19.6 Å². The fourth-order valence-electron chi connectivity index (χ4n) is 6.85. The molecule has 2 fully saturated rings. The lowest BCUT2D eigenvalue weighted by Crippen LogP contribution is -2.74. The number of nitrogens with one attached hydrogen (secondary N) is 1. The summed E-state index contributed by atoms with van der Waals surface area (Å²) in [5, 5.41) is 22.9. The minimum absolute atomic E-state index is 0.0160. The summed E-state index contributed by atoms with van der Waals surface area (Å²) in [5.41, 5.74) is 3.73. The first kappa shape index (κ1) is 40.0. The summed E-state index contributed by atoms with van der Waals surface area (Å²) in [6.07, 6.45) is -2.07. The summed E-state index contributed by atoms with van der Waals surface area (Å²) < 4.78 is 29.0. The maximum atomic E-state index is 12.0. The SMILES string of the molecule is CC(C)[Si]1(C(C)C)O[C@H]2[C@@H](O)[C@@H](Br)[C@@H](C#N)[C@@](CCO[Si](C)(C)C(C)(C)C)(NOCc3ccccc3)[C@@H]2O[Si](C(C)C)(C(C)C)O1. The lowest BCUT2D eigenvalue weighted by molar-refractivity contribution is -0.170. The van der Waals surface area contributed by atoms with Crippen LogP contribution < -0.4 is 5.48 Å². The van der Waals surface area contributed by atoms with Crippen molar-refractivity contribution in [2.45, 2.75) is 158 Å². The number of hydrogen-bond acceptors (Lipinski definition) is 8. The molecule has 0 bridgehead atoms. The third kappa shape index (κ3) is 7.65. The predicted molar refractivity (Wildman–Crippen MR) is 195 cm³/mol. The molecule has 0 amide bonds. The van der Waals surface area contributed by atoms with Gasteiger partial charge in [-0.1, -0.05) is 122 Å². The molecule has 2 aliphatic rings. The van der Waals surface area contributed by atoms with Gasteiger partial charge in [-0.05, 0) is 52.3 Å². The third-order valence-electron chi connectivity index (χ3n) is 10.8. The number of nitrogens with zero attached hydrogens (tertiary/aromatic N) is 1. The normalized spacial score (nSPS) is 30.0. The molecule has 1 aliphatic carbocycles. The second-order valence-corrected chi connectivity index (χ2v) is 30.8. The molecule has 0 unspecified atom stereocenters. The van der Waals surface area contributed by atoms with Gasteiger partial charge >= 0.3 is 17.1 Å². The number of halogens is 1. The van der Waals surface area contributed by atoms with Gasteiger partial charge in [0.15, 0.2) is 8.32 Å². The topological polar surface area (TPSA) is 102 Å². The third-order valence-corrected chi connectivity index (χ3v) is 26.6. The Balaban J connectivity index is 2.26. The average molecular weight is 758 g/mol. The van der Waals surface area contributed by atoms with Crippen LogP contribution in [0, 0.1) is 17.2 Å². The van der Waals surface area contributed by atoms with E-state index in [1.54, 1.807) is 0 Å². The Morgan fingerprint density at radius 2 is 1.50 bits per heavy atom. The number of fused-ring (bicyclic) bond motifs is 1. The first-order chi connectivity index (χ1) is 21.2. The fourth-order valence-corrected chi connectivity index (χ4v) is 20.1. The van der Waals surface area contributed by atoms with Crippen molar-refractivity contribution in [1.29, 1.82) is 5.26 Å². The standard InChI is InChI=1S/C34H61BrN2O6Si3/c1-23(2)45(24(3)4)41-31-30(38)29(35)28(21-36)34(19-20-40-44(12,13)33(9,10)11,37-39-22-27-17-15-14-16-18-27)32(31)42-46(43-45,25(5)6)26(7)8/h14-18,23-26,28-32,37-38H,19-20,22H2,1-13H3/t28-,29+,30+,31+,32-,34-/m1/s1. The molecule has 8 nitrogen and oxygen atoms in total. The van der Waals surface area contributed by atoms with Crippen LogP contribution in [0.25, 0.3) is 0 Å². The van der Waals surface area contributed by atoms with Crippen molar-refractivity contribution in [1.82, 2.24) is 5.48 Å². The maximum Gasteiger partial charge on any atom is 0.335 e. The quantitative estimate of drug-likeness (QED) is 0.125. The van der Waals surface area contributed by atoms with Gasteiger partial charge in [-0.2, -0.15) is 10.7 Å². The molecule has 262 valence electrons. The average Bonchev–Trinajstić information content (AvgIpc) is 3.14. The molecule has 1 heterocycles. The maximum absolute atomic E-state index is 12.0. The minimum Gasteiger partial charge on any atom is -0.417 e. The first-order valence-corrected chi connectivity index (χ1v) is 24.8. The van der Waals surface area contributed by atoms with Gasteiger partial charge in [0.2, 0.25) is 0 Å². The summed E-state index contributed by atoms with van der Waals surface area (Å²) in [7, 11) is -8.22. The highest BCUT2D eigenvalue weighted by atomic mass is 79.9. The number of benzene rings is 1. The Bertz CT molecular complexity index is 1160. The Kier molecular flexibility index (Phi) is 13.2. The highest BCUT2D eigenvalue weighted by molar-refractivity contribution is 9.09. The van der Waals surface area contributed by atoms with Gasteiger partial charge < -0.3 is 22.5 Å². The van der Waals surface area contributed by atoms with E-state index in [-0.39, 0.29) is 27.2 Å². The Hall–Kier alpha value is -0.439. The number of hydrogen-bond donors (Lipinski definition) is 2. The molecule has 1 aromatic rings. The number of alkyl halides is 1. The van der Waals surface area contributed by atoms with Crippen LogP contribution in [-0.2, 0) is 28.8 Å². The molecular formula is C34H61BrN2O6Si3. The first-order valence-electron chi connectivity index (χ1n) is 17.1. The van der Waals surface area contributed by atoms with Crippen LogP contribution in [0.2, 0.25) is 40.3 Å². The van der Waals surface area contributed by atoms with E-state index < -0.39 is 60.0 Å². The van der Waals surface area contributed by atoms with Crippen LogP contribution in [0.15, 0.2) is 30.3 Å². The van der Waals surface area contributed by atoms with Crippen molar-refractivity contribution in [2.75, 3.05) is 6.61 Å². The molecule has 6 atom stereocenters. The van der Waals surface area contributed by atoms with Crippen LogP contribution in [0.5, 0.6) is 0 Å². The van der Waals surface area contributed by atoms with Crippen molar-refractivity contribution in [3.63, 3.8) is 0 Å². The monoisotopic (exact) mass is 756 g/mol. The van der Waals surface area contributed by atoms with E-state index in [4.69, 9.17) is 22.2 Å². The van der Waals surface area contributed by atoms with Gasteiger partial charge in [-0.15, -0.1) is 0 Å². The summed E-state index contributed by atoms with van der Waals surface area (Å²) >= 11 is 3.79. The Morgan fingerprint density at radius 3 is 1.98 bits per heavy atom. The lowest BCUT2D eigenvalue weighted by atomic mass is 9.67. The summed E-state index contributed by atoms with van der Waals surface area (Å²) in [4.78, 5) is 5.75. The van der Waals surface area contributed by atoms with Gasteiger partial charge in [0.05, 0.1) is 41.2 Å². The van der Waals surface area contributed by atoms with E-state index in [9.17, 15) is 10.4 Å². The molecule has 46 heavy (non-hydrogen) atoms. The molecule has 1 aromatic carbocycles. The molecule has 1 saturated carbocycles. The van der Waals surface area contributed by atoms with Gasteiger partial charge in [-0.25, -0.2) is 0 Å².